The second kappa shape index (κ2) is 6.97. The van der Waals surface area contributed by atoms with Crippen LogP contribution in [0.4, 0.5) is 10.8 Å². The average molecular weight is 339 g/mol. The summed E-state index contributed by atoms with van der Waals surface area (Å²) in [5.41, 5.74) is 6.29. The summed E-state index contributed by atoms with van der Waals surface area (Å²) in [5.74, 6) is 0. The molecule has 120 valence electrons. The molecule has 7 nitrogen and oxygen atoms in total. The third-order valence-electron chi connectivity index (χ3n) is 3.16. The Hall–Kier alpha value is -3.13. The Kier molecular flexibility index (Phi) is 4.57. The molecule has 2 heterocycles. The van der Waals surface area contributed by atoms with Crippen molar-refractivity contribution in [2.75, 3.05) is 5.43 Å². The van der Waals surface area contributed by atoms with E-state index in [0.717, 1.165) is 22.0 Å². The zero-order chi connectivity index (χ0) is 16.9. The van der Waals surface area contributed by atoms with Gasteiger partial charge in [-0.15, -0.1) is 11.3 Å². The molecule has 3 rings (SSSR count). The summed E-state index contributed by atoms with van der Waals surface area (Å²) in [7, 11) is 0. The van der Waals surface area contributed by atoms with Crippen molar-refractivity contribution >= 4 is 28.4 Å². The highest BCUT2D eigenvalue weighted by atomic mass is 32.1. The van der Waals surface area contributed by atoms with Crippen molar-refractivity contribution < 1.29 is 4.92 Å². The average Bonchev–Trinajstić information content (AvgIpc) is 3.01. The number of hydrazone groups is 1. The van der Waals surface area contributed by atoms with Crippen LogP contribution < -0.4 is 5.43 Å². The number of rotatable bonds is 5. The van der Waals surface area contributed by atoms with Crippen molar-refractivity contribution in [1.82, 2.24) is 9.97 Å². The van der Waals surface area contributed by atoms with Crippen LogP contribution in [0.5, 0.6) is 0 Å². The first kappa shape index (κ1) is 15.8. The van der Waals surface area contributed by atoms with Gasteiger partial charge in [0.05, 0.1) is 22.5 Å². The van der Waals surface area contributed by atoms with Gasteiger partial charge < -0.3 is 0 Å². The zero-order valence-electron chi connectivity index (χ0n) is 12.7. The first-order valence-electron chi connectivity index (χ1n) is 7.04. The SMILES string of the molecule is Cc1csc(NN=Cc2ccc(-c3ccc([N+](=O)[O-])cn3)cc2)n1. The van der Waals surface area contributed by atoms with Crippen LogP contribution in [0.25, 0.3) is 11.3 Å². The molecular weight excluding hydrogens is 326 g/mol. The summed E-state index contributed by atoms with van der Waals surface area (Å²) in [6, 6.07) is 10.7. The van der Waals surface area contributed by atoms with Crippen molar-refractivity contribution in [2.45, 2.75) is 6.92 Å². The lowest BCUT2D eigenvalue weighted by molar-refractivity contribution is -0.385. The standard InChI is InChI=1S/C16H13N5O2S/c1-11-10-24-16(19-11)20-18-8-12-2-4-13(5-3-12)15-7-6-14(9-17-15)21(22)23/h2-10H,1H3,(H,19,20). The summed E-state index contributed by atoms with van der Waals surface area (Å²) in [5, 5.41) is 17.5. The van der Waals surface area contributed by atoms with Gasteiger partial charge in [0.2, 0.25) is 5.13 Å². The minimum atomic E-state index is -0.465. The molecule has 0 aliphatic heterocycles. The van der Waals surface area contributed by atoms with Gasteiger partial charge in [-0.05, 0) is 18.6 Å². The fourth-order valence-corrected chi connectivity index (χ4v) is 2.61. The molecule has 0 aliphatic carbocycles. The molecule has 0 saturated heterocycles. The Labute approximate surface area is 141 Å². The molecule has 1 N–H and O–H groups in total. The van der Waals surface area contributed by atoms with Crippen LogP contribution in [0, 0.1) is 17.0 Å². The Balaban J connectivity index is 1.67. The molecule has 0 atom stereocenters. The van der Waals surface area contributed by atoms with E-state index < -0.39 is 4.92 Å². The summed E-state index contributed by atoms with van der Waals surface area (Å²) in [4.78, 5) is 18.5. The number of benzene rings is 1. The van der Waals surface area contributed by atoms with Gasteiger partial charge in [0, 0.05) is 17.0 Å². The van der Waals surface area contributed by atoms with Crippen LogP contribution in [0.2, 0.25) is 0 Å². The minimum Gasteiger partial charge on any atom is -0.258 e. The zero-order valence-corrected chi connectivity index (χ0v) is 13.5. The monoisotopic (exact) mass is 339 g/mol. The topological polar surface area (TPSA) is 93.3 Å². The molecule has 0 fully saturated rings. The Morgan fingerprint density at radius 3 is 2.62 bits per heavy atom. The van der Waals surface area contributed by atoms with Crippen molar-refractivity contribution in [2.24, 2.45) is 5.10 Å². The third-order valence-corrected chi connectivity index (χ3v) is 4.02. The summed E-state index contributed by atoms with van der Waals surface area (Å²) >= 11 is 1.50. The maximum Gasteiger partial charge on any atom is 0.287 e. The molecule has 2 aromatic heterocycles. The number of pyridine rings is 1. The Bertz CT molecular complexity index is 872. The molecule has 0 radical (unpaired) electrons. The highest BCUT2D eigenvalue weighted by Gasteiger charge is 2.06. The van der Waals surface area contributed by atoms with E-state index in [1.807, 2.05) is 36.6 Å². The van der Waals surface area contributed by atoms with Gasteiger partial charge >= 0.3 is 0 Å². The van der Waals surface area contributed by atoms with Crippen LogP contribution in [-0.4, -0.2) is 21.1 Å². The van der Waals surface area contributed by atoms with Gasteiger partial charge in [0.1, 0.15) is 6.20 Å². The van der Waals surface area contributed by atoms with Gasteiger partial charge in [-0.3, -0.25) is 15.5 Å². The predicted octanol–water partition coefficient (Wildman–Crippen LogP) is 3.87. The van der Waals surface area contributed by atoms with Crippen LogP contribution in [0.1, 0.15) is 11.3 Å². The predicted molar refractivity (Wildman–Crippen MR) is 94.4 cm³/mol. The van der Waals surface area contributed by atoms with Crippen LogP contribution in [0.3, 0.4) is 0 Å². The number of nitrogens with zero attached hydrogens (tertiary/aromatic N) is 4. The van der Waals surface area contributed by atoms with Crippen molar-refractivity contribution in [3.63, 3.8) is 0 Å². The van der Waals surface area contributed by atoms with Crippen molar-refractivity contribution in [3.05, 3.63) is 69.3 Å². The summed E-state index contributed by atoms with van der Waals surface area (Å²) in [6.07, 6.45) is 2.95. The maximum atomic E-state index is 10.6. The molecule has 0 aliphatic rings. The quantitative estimate of drug-likeness (QED) is 0.433. The molecule has 3 aromatic rings. The van der Waals surface area contributed by atoms with Gasteiger partial charge in [0.15, 0.2) is 0 Å². The van der Waals surface area contributed by atoms with Gasteiger partial charge in [-0.1, -0.05) is 24.3 Å². The number of aryl methyl sites for hydroxylation is 1. The van der Waals surface area contributed by atoms with E-state index >= 15 is 0 Å². The van der Waals surface area contributed by atoms with E-state index in [1.54, 1.807) is 12.3 Å². The van der Waals surface area contributed by atoms with Gasteiger partial charge in [-0.25, -0.2) is 9.97 Å². The number of hydrogen-bond donors (Lipinski definition) is 1. The first-order valence-corrected chi connectivity index (χ1v) is 7.92. The molecule has 0 amide bonds. The summed E-state index contributed by atoms with van der Waals surface area (Å²) < 4.78 is 0. The molecule has 1 aromatic carbocycles. The number of aromatic nitrogens is 2. The van der Waals surface area contributed by atoms with E-state index in [9.17, 15) is 10.1 Å². The number of thiazole rings is 1. The molecule has 0 unspecified atom stereocenters. The Morgan fingerprint density at radius 2 is 2.04 bits per heavy atom. The Morgan fingerprint density at radius 1 is 1.25 bits per heavy atom. The third kappa shape index (κ3) is 3.79. The van der Waals surface area contributed by atoms with Crippen LogP contribution in [0.15, 0.2) is 53.1 Å². The van der Waals surface area contributed by atoms with Crippen molar-refractivity contribution in [1.29, 1.82) is 0 Å². The minimum absolute atomic E-state index is 0.0222. The van der Waals surface area contributed by atoms with E-state index in [4.69, 9.17) is 0 Å². The highest BCUT2D eigenvalue weighted by molar-refractivity contribution is 7.13. The van der Waals surface area contributed by atoms with Crippen LogP contribution >= 0.6 is 11.3 Å². The second-order valence-electron chi connectivity index (χ2n) is 4.94. The lowest BCUT2D eigenvalue weighted by atomic mass is 10.1. The maximum absolute atomic E-state index is 10.6. The molecule has 0 spiro atoms. The fraction of sp³-hybridized carbons (Fsp3) is 0.0625. The number of hydrogen-bond acceptors (Lipinski definition) is 7. The van der Waals surface area contributed by atoms with E-state index in [-0.39, 0.29) is 5.69 Å². The number of nitro groups is 1. The number of anilines is 1. The number of nitrogens with one attached hydrogen (secondary N) is 1. The fourth-order valence-electron chi connectivity index (χ4n) is 1.97. The van der Waals surface area contributed by atoms with E-state index in [2.05, 4.69) is 20.5 Å². The lowest BCUT2D eigenvalue weighted by Gasteiger charge is -2.01. The smallest absolute Gasteiger partial charge is 0.258 e. The first-order chi connectivity index (χ1) is 11.6. The van der Waals surface area contributed by atoms with Gasteiger partial charge in [0.25, 0.3) is 5.69 Å². The largest absolute Gasteiger partial charge is 0.287 e. The second-order valence-corrected chi connectivity index (χ2v) is 5.80. The van der Waals surface area contributed by atoms with E-state index in [1.165, 1.54) is 23.6 Å². The lowest BCUT2D eigenvalue weighted by Crippen LogP contribution is -1.91. The van der Waals surface area contributed by atoms with Gasteiger partial charge in [-0.2, -0.15) is 5.10 Å². The molecule has 8 heteroatoms. The van der Waals surface area contributed by atoms with Crippen molar-refractivity contribution in [3.8, 4) is 11.3 Å². The normalized spacial score (nSPS) is 10.9. The molecule has 0 saturated carbocycles. The highest BCUT2D eigenvalue weighted by Crippen LogP contribution is 2.19. The molecular formula is C16H13N5O2S. The molecule has 24 heavy (non-hydrogen) atoms. The summed E-state index contributed by atoms with van der Waals surface area (Å²) in [6.45, 7) is 1.93. The van der Waals surface area contributed by atoms with Crippen LogP contribution in [-0.2, 0) is 0 Å². The van der Waals surface area contributed by atoms with E-state index in [0.29, 0.717) is 5.69 Å². The molecule has 0 bridgehead atoms.